The Hall–Kier alpha value is -2.14. The number of anilines is 1. The lowest BCUT2D eigenvalue weighted by Gasteiger charge is -2.25. The van der Waals surface area contributed by atoms with Gasteiger partial charge in [-0.3, -0.25) is 4.79 Å². The first-order valence-corrected chi connectivity index (χ1v) is 6.40. The van der Waals surface area contributed by atoms with Crippen LogP contribution in [0, 0.1) is 0 Å². The Morgan fingerprint density at radius 3 is 2.80 bits per heavy atom. The highest BCUT2D eigenvalue weighted by molar-refractivity contribution is 6.00. The molecule has 5 heteroatoms. The maximum Gasteiger partial charge on any atom is 0.270 e. The number of nitrogens with zero attached hydrogens (tertiary/aromatic N) is 1. The number of nitrogens with two attached hydrogens (primary N) is 1. The number of hydrogen-bond donors (Lipinski definition) is 2. The van der Waals surface area contributed by atoms with Crippen molar-refractivity contribution in [2.75, 3.05) is 19.5 Å². The number of nitrogens with one attached hydrogen (secondary N) is 1. The Labute approximate surface area is 118 Å². The third-order valence-electron chi connectivity index (χ3n) is 2.96. The van der Waals surface area contributed by atoms with E-state index in [4.69, 9.17) is 10.5 Å². The molecule has 106 valence electrons. The molecule has 1 aromatic carbocycles. The molecule has 0 fully saturated rings. The van der Waals surface area contributed by atoms with Crippen molar-refractivity contribution in [3.63, 3.8) is 0 Å². The zero-order valence-electron chi connectivity index (χ0n) is 11.9. The molecule has 2 rings (SSSR count). The van der Waals surface area contributed by atoms with E-state index in [9.17, 15) is 4.79 Å². The van der Waals surface area contributed by atoms with Crippen LogP contribution in [0.1, 0.15) is 24.3 Å². The standard InChI is InChI=1S/C15H19N3O2/c1-15(2,9-20-3)18-14(19)12-8-10-6-4-5-7-11(10)13(16)17-12/h4-8H,9H2,1-3H3,(H2,16,17)(H,18,19). The van der Waals surface area contributed by atoms with Crippen molar-refractivity contribution in [3.05, 3.63) is 36.0 Å². The second kappa shape index (κ2) is 5.46. The zero-order valence-corrected chi connectivity index (χ0v) is 11.9. The van der Waals surface area contributed by atoms with E-state index in [1.807, 2.05) is 38.1 Å². The number of pyridine rings is 1. The van der Waals surface area contributed by atoms with Gasteiger partial charge in [0.15, 0.2) is 0 Å². The molecule has 1 heterocycles. The lowest BCUT2D eigenvalue weighted by molar-refractivity contribution is 0.0815. The minimum atomic E-state index is -0.464. The minimum Gasteiger partial charge on any atom is -0.383 e. The normalized spacial score (nSPS) is 11.6. The Balaban J connectivity index is 2.31. The highest BCUT2D eigenvalue weighted by atomic mass is 16.5. The first-order valence-electron chi connectivity index (χ1n) is 6.40. The molecular weight excluding hydrogens is 254 g/mol. The van der Waals surface area contributed by atoms with Gasteiger partial charge in [-0.2, -0.15) is 0 Å². The Bertz CT molecular complexity index is 638. The number of carbonyl (C=O) groups is 1. The Morgan fingerprint density at radius 1 is 1.40 bits per heavy atom. The van der Waals surface area contributed by atoms with E-state index in [2.05, 4.69) is 10.3 Å². The van der Waals surface area contributed by atoms with Gasteiger partial charge in [0.2, 0.25) is 0 Å². The Kier molecular flexibility index (Phi) is 3.90. The fraction of sp³-hybridized carbons (Fsp3) is 0.333. The number of ether oxygens (including phenoxy) is 1. The van der Waals surface area contributed by atoms with Crippen LogP contribution in [0.2, 0.25) is 0 Å². The van der Waals surface area contributed by atoms with Gasteiger partial charge in [-0.05, 0) is 25.3 Å². The number of rotatable bonds is 4. The van der Waals surface area contributed by atoms with Crippen molar-refractivity contribution in [1.29, 1.82) is 0 Å². The molecule has 0 saturated heterocycles. The molecule has 1 aromatic heterocycles. The summed E-state index contributed by atoms with van der Waals surface area (Å²) in [7, 11) is 1.60. The van der Waals surface area contributed by atoms with Crippen LogP contribution < -0.4 is 11.1 Å². The van der Waals surface area contributed by atoms with Crippen molar-refractivity contribution < 1.29 is 9.53 Å². The van der Waals surface area contributed by atoms with E-state index >= 15 is 0 Å². The fourth-order valence-electron chi connectivity index (χ4n) is 2.11. The number of fused-ring (bicyclic) bond motifs is 1. The molecule has 1 amide bonds. The lowest BCUT2D eigenvalue weighted by Crippen LogP contribution is -2.47. The van der Waals surface area contributed by atoms with Crippen LogP contribution >= 0.6 is 0 Å². The largest absolute Gasteiger partial charge is 0.383 e. The summed E-state index contributed by atoms with van der Waals surface area (Å²) in [6, 6.07) is 9.32. The molecular formula is C15H19N3O2. The lowest BCUT2D eigenvalue weighted by atomic mass is 10.1. The van der Waals surface area contributed by atoms with E-state index < -0.39 is 5.54 Å². The summed E-state index contributed by atoms with van der Waals surface area (Å²) in [4.78, 5) is 16.4. The summed E-state index contributed by atoms with van der Waals surface area (Å²) in [5.74, 6) is 0.0994. The molecule has 0 aliphatic heterocycles. The van der Waals surface area contributed by atoms with Gasteiger partial charge in [0, 0.05) is 12.5 Å². The van der Waals surface area contributed by atoms with Gasteiger partial charge in [0.25, 0.3) is 5.91 Å². The molecule has 5 nitrogen and oxygen atoms in total. The average molecular weight is 273 g/mol. The highest BCUT2D eigenvalue weighted by Crippen LogP contribution is 2.20. The van der Waals surface area contributed by atoms with Crippen molar-refractivity contribution in [2.45, 2.75) is 19.4 Å². The monoisotopic (exact) mass is 273 g/mol. The second-order valence-corrected chi connectivity index (χ2v) is 5.38. The number of aromatic nitrogens is 1. The van der Waals surface area contributed by atoms with Crippen molar-refractivity contribution >= 4 is 22.5 Å². The molecule has 0 radical (unpaired) electrons. The molecule has 0 atom stereocenters. The predicted molar refractivity (Wildman–Crippen MR) is 79.6 cm³/mol. The first-order chi connectivity index (χ1) is 9.43. The summed E-state index contributed by atoms with van der Waals surface area (Å²) >= 11 is 0. The van der Waals surface area contributed by atoms with Crippen LogP contribution in [0.15, 0.2) is 30.3 Å². The molecule has 2 aromatic rings. The second-order valence-electron chi connectivity index (χ2n) is 5.38. The van der Waals surface area contributed by atoms with E-state index in [0.29, 0.717) is 18.1 Å². The van der Waals surface area contributed by atoms with E-state index in [1.54, 1.807) is 13.2 Å². The summed E-state index contributed by atoms with van der Waals surface area (Å²) < 4.78 is 5.08. The van der Waals surface area contributed by atoms with Gasteiger partial charge in [0.1, 0.15) is 11.5 Å². The molecule has 0 spiro atoms. The SMILES string of the molecule is COCC(C)(C)NC(=O)c1cc2ccccc2c(N)n1. The van der Waals surface area contributed by atoms with E-state index in [-0.39, 0.29) is 5.91 Å². The van der Waals surface area contributed by atoms with Gasteiger partial charge < -0.3 is 15.8 Å². The topological polar surface area (TPSA) is 77.2 Å². The number of carbonyl (C=O) groups excluding carboxylic acids is 1. The van der Waals surface area contributed by atoms with Crippen molar-refractivity contribution in [3.8, 4) is 0 Å². The van der Waals surface area contributed by atoms with Gasteiger partial charge in [-0.1, -0.05) is 24.3 Å². The van der Waals surface area contributed by atoms with E-state index in [0.717, 1.165) is 10.8 Å². The van der Waals surface area contributed by atoms with Gasteiger partial charge in [-0.15, -0.1) is 0 Å². The highest BCUT2D eigenvalue weighted by Gasteiger charge is 2.22. The van der Waals surface area contributed by atoms with Crippen LogP contribution in [-0.4, -0.2) is 30.1 Å². The average Bonchev–Trinajstić information content (AvgIpc) is 2.38. The maximum atomic E-state index is 12.2. The first kappa shape index (κ1) is 14.3. The smallest absolute Gasteiger partial charge is 0.270 e. The molecule has 3 N–H and O–H groups in total. The number of nitrogen functional groups attached to an aromatic ring is 1. The number of hydrogen-bond acceptors (Lipinski definition) is 4. The number of methoxy groups -OCH3 is 1. The number of amides is 1. The molecule has 0 aliphatic carbocycles. The van der Waals surface area contributed by atoms with Crippen molar-refractivity contribution in [1.82, 2.24) is 10.3 Å². The molecule has 20 heavy (non-hydrogen) atoms. The Morgan fingerprint density at radius 2 is 2.10 bits per heavy atom. The molecule has 0 saturated carbocycles. The summed E-state index contributed by atoms with van der Waals surface area (Å²) in [5, 5.41) is 4.63. The van der Waals surface area contributed by atoms with Crippen LogP contribution in [0.4, 0.5) is 5.82 Å². The summed E-state index contributed by atoms with van der Waals surface area (Å²) in [5.41, 5.74) is 5.75. The quantitative estimate of drug-likeness (QED) is 0.893. The van der Waals surface area contributed by atoms with Gasteiger partial charge >= 0.3 is 0 Å². The van der Waals surface area contributed by atoms with Crippen LogP contribution in [0.3, 0.4) is 0 Å². The van der Waals surface area contributed by atoms with Crippen LogP contribution in [0.25, 0.3) is 10.8 Å². The van der Waals surface area contributed by atoms with Gasteiger partial charge in [-0.25, -0.2) is 4.98 Å². The summed E-state index contributed by atoms with van der Waals surface area (Å²) in [6.07, 6.45) is 0. The van der Waals surface area contributed by atoms with Gasteiger partial charge in [0.05, 0.1) is 12.1 Å². The van der Waals surface area contributed by atoms with Crippen LogP contribution in [-0.2, 0) is 4.74 Å². The number of benzene rings is 1. The molecule has 0 unspecified atom stereocenters. The minimum absolute atomic E-state index is 0.260. The maximum absolute atomic E-state index is 12.2. The fourth-order valence-corrected chi connectivity index (χ4v) is 2.11. The molecule has 0 aliphatic rings. The van der Waals surface area contributed by atoms with Crippen molar-refractivity contribution in [2.24, 2.45) is 0 Å². The van der Waals surface area contributed by atoms with Crippen LogP contribution in [0.5, 0.6) is 0 Å². The molecule has 0 bridgehead atoms. The predicted octanol–water partition coefficient (Wildman–Crippen LogP) is 1.97. The summed E-state index contributed by atoms with van der Waals surface area (Å²) in [6.45, 7) is 4.19. The van der Waals surface area contributed by atoms with E-state index in [1.165, 1.54) is 0 Å². The zero-order chi connectivity index (χ0) is 14.8. The third kappa shape index (κ3) is 3.05. The third-order valence-corrected chi connectivity index (χ3v) is 2.96.